The van der Waals surface area contributed by atoms with Crippen LogP contribution in [-0.4, -0.2) is 17.4 Å². The summed E-state index contributed by atoms with van der Waals surface area (Å²) in [6.45, 7) is 0. The van der Waals surface area contributed by atoms with Gasteiger partial charge in [0.2, 0.25) is 0 Å². The van der Waals surface area contributed by atoms with E-state index < -0.39 is 17.6 Å². The van der Waals surface area contributed by atoms with Gasteiger partial charge in [-0.25, -0.2) is 4.79 Å². The molecule has 1 heterocycles. The summed E-state index contributed by atoms with van der Waals surface area (Å²) in [5.41, 5.74) is 2.86. The standard InChI is InChI=1S/C8H8F3N3O2/c9-8(10,11)7(1-2-7)4-3-5(14-16-4)13-6(12)15/h3H,1-2H2,(H3,12,13,14,15). The second-order valence-electron chi connectivity index (χ2n) is 3.65. The third kappa shape index (κ3) is 1.59. The van der Waals surface area contributed by atoms with E-state index in [0.717, 1.165) is 6.07 Å². The average Bonchev–Trinajstić information content (AvgIpc) is 2.82. The van der Waals surface area contributed by atoms with E-state index in [1.165, 1.54) is 0 Å². The minimum atomic E-state index is -4.36. The predicted molar refractivity (Wildman–Crippen MR) is 46.7 cm³/mol. The largest absolute Gasteiger partial charge is 0.401 e. The molecule has 1 fully saturated rings. The van der Waals surface area contributed by atoms with E-state index in [9.17, 15) is 18.0 Å². The Balaban J connectivity index is 2.23. The van der Waals surface area contributed by atoms with Crippen LogP contribution in [0, 0.1) is 0 Å². The van der Waals surface area contributed by atoms with Gasteiger partial charge in [-0.2, -0.15) is 13.2 Å². The van der Waals surface area contributed by atoms with Crippen LogP contribution in [0.4, 0.5) is 23.8 Å². The molecular weight excluding hydrogens is 227 g/mol. The van der Waals surface area contributed by atoms with E-state index in [2.05, 4.69) is 9.68 Å². The molecule has 8 heteroatoms. The van der Waals surface area contributed by atoms with Crippen molar-refractivity contribution in [3.8, 4) is 0 Å². The Morgan fingerprint density at radius 3 is 2.62 bits per heavy atom. The van der Waals surface area contributed by atoms with Gasteiger partial charge in [-0.15, -0.1) is 0 Å². The predicted octanol–water partition coefficient (Wildman–Crippen LogP) is 1.76. The van der Waals surface area contributed by atoms with Crippen molar-refractivity contribution in [3.05, 3.63) is 11.8 Å². The number of amides is 2. The Labute approximate surface area is 87.8 Å². The average molecular weight is 235 g/mol. The first kappa shape index (κ1) is 10.8. The maximum Gasteiger partial charge on any atom is 0.401 e. The van der Waals surface area contributed by atoms with Gasteiger partial charge in [-0.05, 0) is 12.8 Å². The summed E-state index contributed by atoms with van der Waals surface area (Å²) in [6, 6.07) is 0.141. The second kappa shape index (κ2) is 3.13. The van der Waals surface area contributed by atoms with Crippen LogP contribution >= 0.6 is 0 Å². The summed E-state index contributed by atoms with van der Waals surface area (Å²) < 4.78 is 42.5. The van der Waals surface area contributed by atoms with Crippen molar-refractivity contribution >= 4 is 11.8 Å². The highest BCUT2D eigenvalue weighted by Gasteiger charge is 2.66. The topological polar surface area (TPSA) is 81.2 Å². The molecule has 1 aliphatic carbocycles. The third-order valence-electron chi connectivity index (χ3n) is 2.53. The molecule has 1 aliphatic rings. The number of aromatic nitrogens is 1. The number of carbonyl (C=O) groups excluding carboxylic acids is 1. The first-order valence-electron chi connectivity index (χ1n) is 4.45. The smallest absolute Gasteiger partial charge is 0.358 e. The number of nitrogens with zero attached hydrogens (tertiary/aromatic N) is 1. The van der Waals surface area contributed by atoms with Crippen molar-refractivity contribution in [1.29, 1.82) is 0 Å². The molecule has 3 N–H and O–H groups in total. The summed E-state index contributed by atoms with van der Waals surface area (Å²) in [4.78, 5) is 10.4. The summed E-state index contributed by atoms with van der Waals surface area (Å²) in [7, 11) is 0. The number of alkyl halides is 3. The fourth-order valence-corrected chi connectivity index (χ4v) is 1.48. The first-order chi connectivity index (χ1) is 7.35. The van der Waals surface area contributed by atoms with Crippen molar-refractivity contribution in [1.82, 2.24) is 5.16 Å². The van der Waals surface area contributed by atoms with Crippen LogP contribution in [0.25, 0.3) is 0 Å². The molecular formula is C8H8F3N3O2. The Bertz CT molecular complexity index is 422. The van der Waals surface area contributed by atoms with E-state index >= 15 is 0 Å². The van der Waals surface area contributed by atoms with Crippen molar-refractivity contribution in [2.45, 2.75) is 24.4 Å². The zero-order chi connectivity index (χ0) is 12.0. The molecule has 1 aromatic heterocycles. The number of urea groups is 1. The highest BCUT2D eigenvalue weighted by atomic mass is 19.4. The molecule has 88 valence electrons. The molecule has 1 saturated carbocycles. The number of nitrogens with two attached hydrogens (primary N) is 1. The zero-order valence-corrected chi connectivity index (χ0v) is 7.97. The van der Waals surface area contributed by atoms with Crippen LogP contribution in [0.15, 0.2) is 10.6 Å². The maximum atomic E-state index is 12.7. The normalized spacial score (nSPS) is 18.2. The van der Waals surface area contributed by atoms with Crippen LogP contribution in [-0.2, 0) is 5.41 Å². The van der Waals surface area contributed by atoms with Gasteiger partial charge >= 0.3 is 12.2 Å². The van der Waals surface area contributed by atoms with Gasteiger partial charge in [0.25, 0.3) is 0 Å². The minimum Gasteiger partial charge on any atom is -0.358 e. The van der Waals surface area contributed by atoms with Gasteiger partial charge in [-0.1, -0.05) is 5.16 Å². The fourth-order valence-electron chi connectivity index (χ4n) is 1.48. The number of nitrogens with one attached hydrogen (secondary N) is 1. The molecule has 1 aromatic rings. The molecule has 0 unspecified atom stereocenters. The molecule has 16 heavy (non-hydrogen) atoms. The van der Waals surface area contributed by atoms with Gasteiger partial charge in [-0.3, -0.25) is 5.32 Å². The van der Waals surface area contributed by atoms with Crippen LogP contribution in [0.3, 0.4) is 0 Å². The number of anilines is 1. The number of hydrogen-bond acceptors (Lipinski definition) is 3. The molecule has 0 saturated heterocycles. The molecule has 0 radical (unpaired) electrons. The van der Waals surface area contributed by atoms with Crippen LogP contribution in [0.5, 0.6) is 0 Å². The third-order valence-corrected chi connectivity index (χ3v) is 2.53. The molecule has 0 aromatic carbocycles. The summed E-state index contributed by atoms with van der Waals surface area (Å²) in [6.07, 6.45) is -4.42. The minimum absolute atomic E-state index is 0.0261. The lowest BCUT2D eigenvalue weighted by atomic mass is 10.0. The lowest BCUT2D eigenvalue weighted by Gasteiger charge is -2.14. The molecule has 0 spiro atoms. The Morgan fingerprint density at radius 2 is 2.19 bits per heavy atom. The van der Waals surface area contributed by atoms with E-state index in [4.69, 9.17) is 5.73 Å². The highest BCUT2D eigenvalue weighted by molar-refractivity contribution is 5.86. The van der Waals surface area contributed by atoms with Crippen molar-refractivity contribution in [2.24, 2.45) is 5.73 Å². The Hall–Kier alpha value is -1.73. The van der Waals surface area contributed by atoms with Gasteiger partial charge in [0.1, 0.15) is 5.41 Å². The first-order valence-corrected chi connectivity index (χ1v) is 4.45. The summed E-state index contributed by atoms with van der Waals surface area (Å²) in [5.74, 6) is -0.401. The number of hydrogen-bond donors (Lipinski definition) is 2. The Kier molecular flexibility index (Phi) is 2.11. The number of carbonyl (C=O) groups is 1. The molecule has 2 amide bonds. The zero-order valence-electron chi connectivity index (χ0n) is 7.97. The summed E-state index contributed by atoms with van der Waals surface area (Å²) in [5, 5.41) is 5.33. The fraction of sp³-hybridized carbons (Fsp3) is 0.500. The van der Waals surface area contributed by atoms with E-state index in [1.807, 2.05) is 5.32 Å². The van der Waals surface area contributed by atoms with Gasteiger partial charge in [0, 0.05) is 6.07 Å². The van der Waals surface area contributed by atoms with E-state index in [-0.39, 0.29) is 24.4 Å². The highest BCUT2D eigenvalue weighted by Crippen LogP contribution is 2.59. The van der Waals surface area contributed by atoms with Crippen molar-refractivity contribution in [2.75, 3.05) is 5.32 Å². The van der Waals surface area contributed by atoms with Crippen LogP contribution < -0.4 is 11.1 Å². The SMILES string of the molecule is NC(=O)Nc1cc(C2(C(F)(F)F)CC2)on1. The van der Waals surface area contributed by atoms with Gasteiger partial charge in [0.05, 0.1) is 0 Å². The molecule has 0 atom stereocenters. The Morgan fingerprint density at radius 1 is 1.56 bits per heavy atom. The molecule has 5 nitrogen and oxygen atoms in total. The molecule has 2 rings (SSSR count). The number of primary amides is 1. The van der Waals surface area contributed by atoms with Gasteiger partial charge < -0.3 is 10.3 Å². The summed E-state index contributed by atoms with van der Waals surface area (Å²) >= 11 is 0. The van der Waals surface area contributed by atoms with Crippen LogP contribution in [0.2, 0.25) is 0 Å². The van der Waals surface area contributed by atoms with E-state index in [1.54, 1.807) is 0 Å². The maximum absolute atomic E-state index is 12.7. The van der Waals surface area contributed by atoms with Gasteiger partial charge in [0.15, 0.2) is 11.6 Å². The quantitative estimate of drug-likeness (QED) is 0.819. The molecule has 0 aliphatic heterocycles. The lowest BCUT2D eigenvalue weighted by molar-refractivity contribution is -0.165. The monoisotopic (exact) mass is 235 g/mol. The number of rotatable bonds is 2. The number of halogens is 3. The van der Waals surface area contributed by atoms with E-state index in [0.29, 0.717) is 0 Å². The van der Waals surface area contributed by atoms with Crippen molar-refractivity contribution < 1.29 is 22.5 Å². The van der Waals surface area contributed by atoms with Crippen molar-refractivity contribution in [3.63, 3.8) is 0 Å². The second-order valence-corrected chi connectivity index (χ2v) is 3.65. The lowest BCUT2D eigenvalue weighted by Crippen LogP contribution is -2.28. The van der Waals surface area contributed by atoms with Crippen LogP contribution in [0.1, 0.15) is 18.6 Å². The molecule has 0 bridgehead atoms.